The van der Waals surface area contributed by atoms with Gasteiger partial charge in [-0.1, -0.05) is 0 Å². The highest BCUT2D eigenvalue weighted by Gasteiger charge is 2.31. The highest BCUT2D eigenvalue weighted by molar-refractivity contribution is 5.92. The van der Waals surface area contributed by atoms with E-state index < -0.39 is 6.36 Å². The average molecular weight is 425 g/mol. The molecule has 2 N–H and O–H groups in total. The van der Waals surface area contributed by atoms with Crippen molar-refractivity contribution in [2.45, 2.75) is 32.2 Å². The van der Waals surface area contributed by atoms with Gasteiger partial charge in [-0.25, -0.2) is 0 Å². The first-order chi connectivity index (χ1) is 14.2. The van der Waals surface area contributed by atoms with Crippen molar-refractivity contribution < 1.29 is 31.9 Å². The van der Waals surface area contributed by atoms with Crippen LogP contribution in [0.1, 0.15) is 29.2 Å². The molecule has 162 valence electrons. The second-order valence-corrected chi connectivity index (χ2v) is 7.05. The van der Waals surface area contributed by atoms with Gasteiger partial charge in [0.05, 0.1) is 6.54 Å². The molecule has 10 heteroatoms. The summed E-state index contributed by atoms with van der Waals surface area (Å²) in [5, 5.41) is 5.58. The van der Waals surface area contributed by atoms with Gasteiger partial charge in [-0.3, -0.25) is 14.5 Å². The molecule has 2 aromatic rings. The van der Waals surface area contributed by atoms with Crippen LogP contribution in [0.4, 0.5) is 18.9 Å². The van der Waals surface area contributed by atoms with Crippen molar-refractivity contribution in [3.8, 4) is 5.75 Å². The van der Waals surface area contributed by atoms with E-state index in [1.807, 2.05) is 4.90 Å². The number of alkyl halides is 3. The zero-order valence-corrected chi connectivity index (χ0v) is 16.3. The Bertz CT molecular complexity index is 872. The number of amides is 2. The van der Waals surface area contributed by atoms with Crippen molar-refractivity contribution >= 4 is 17.5 Å². The normalized spacial score (nSPS) is 15.6. The van der Waals surface area contributed by atoms with E-state index >= 15 is 0 Å². The first-order valence-corrected chi connectivity index (χ1v) is 9.43. The Hall–Kier alpha value is -3.01. The van der Waals surface area contributed by atoms with Gasteiger partial charge in [0.15, 0.2) is 5.76 Å². The number of likely N-dealkylation sites (tertiary alicyclic amines) is 1. The second kappa shape index (κ2) is 9.21. The van der Waals surface area contributed by atoms with Crippen LogP contribution >= 0.6 is 0 Å². The first-order valence-electron chi connectivity index (χ1n) is 9.43. The Morgan fingerprint density at radius 3 is 2.37 bits per heavy atom. The average Bonchev–Trinajstić information content (AvgIpc) is 3.10. The van der Waals surface area contributed by atoms with Gasteiger partial charge in [-0.15, -0.1) is 13.2 Å². The smallest absolute Gasteiger partial charge is 0.456 e. The number of furan rings is 1. The van der Waals surface area contributed by atoms with E-state index in [0.717, 1.165) is 12.1 Å². The number of ether oxygens (including phenoxy) is 1. The van der Waals surface area contributed by atoms with Crippen molar-refractivity contribution in [3.05, 3.63) is 47.9 Å². The molecule has 0 unspecified atom stereocenters. The number of anilines is 1. The molecule has 2 amide bonds. The molecule has 3 rings (SSSR count). The van der Waals surface area contributed by atoms with Gasteiger partial charge in [-0.2, -0.15) is 0 Å². The molecule has 0 atom stereocenters. The number of halogens is 3. The standard InChI is InChI=1S/C20H22F3N3O4/c1-13-2-7-17(29-13)19(28)25-15-8-10-26(11-9-15)12-18(27)24-14-3-5-16(6-4-14)30-20(21,22)23/h2-7,15H,8-12H2,1H3,(H,24,27)(H,25,28). The van der Waals surface area contributed by atoms with E-state index in [2.05, 4.69) is 15.4 Å². The number of aryl methyl sites for hydroxylation is 1. The molecule has 0 aliphatic carbocycles. The lowest BCUT2D eigenvalue weighted by Crippen LogP contribution is -2.46. The third-order valence-corrected chi connectivity index (χ3v) is 4.63. The summed E-state index contributed by atoms with van der Waals surface area (Å²) in [6.07, 6.45) is -3.36. The number of benzene rings is 1. The molecule has 0 saturated carbocycles. The van der Waals surface area contributed by atoms with Crippen molar-refractivity contribution in [1.29, 1.82) is 0 Å². The molecule has 0 spiro atoms. The van der Waals surface area contributed by atoms with Crippen LogP contribution in [0.5, 0.6) is 5.75 Å². The Kier molecular flexibility index (Phi) is 6.66. The monoisotopic (exact) mass is 425 g/mol. The predicted molar refractivity (Wildman–Crippen MR) is 102 cm³/mol. The van der Waals surface area contributed by atoms with E-state index in [1.54, 1.807) is 19.1 Å². The maximum atomic E-state index is 12.2. The first kappa shape index (κ1) is 21.7. The van der Waals surface area contributed by atoms with Crippen LogP contribution in [-0.2, 0) is 4.79 Å². The van der Waals surface area contributed by atoms with Crippen LogP contribution in [0, 0.1) is 6.92 Å². The molecule has 1 aliphatic rings. The van der Waals surface area contributed by atoms with Gasteiger partial charge in [0.2, 0.25) is 5.91 Å². The number of nitrogens with one attached hydrogen (secondary N) is 2. The number of nitrogens with zero attached hydrogens (tertiary/aromatic N) is 1. The quantitative estimate of drug-likeness (QED) is 0.742. The number of carbonyl (C=O) groups is 2. The minimum absolute atomic E-state index is 0.00314. The molecule has 2 heterocycles. The Morgan fingerprint density at radius 1 is 1.13 bits per heavy atom. The van der Waals surface area contributed by atoms with Gasteiger partial charge in [0, 0.05) is 24.8 Å². The SMILES string of the molecule is Cc1ccc(C(=O)NC2CCN(CC(=O)Nc3ccc(OC(F)(F)F)cc3)CC2)o1. The number of hydrogen-bond donors (Lipinski definition) is 2. The molecular weight excluding hydrogens is 403 g/mol. The summed E-state index contributed by atoms with van der Waals surface area (Å²) in [5.74, 6) is 0.0732. The topological polar surface area (TPSA) is 83.8 Å². The molecule has 30 heavy (non-hydrogen) atoms. The second-order valence-electron chi connectivity index (χ2n) is 7.05. The van der Waals surface area contributed by atoms with Crippen molar-refractivity contribution in [1.82, 2.24) is 10.2 Å². The fourth-order valence-electron chi connectivity index (χ4n) is 3.19. The van der Waals surface area contributed by atoms with E-state index in [0.29, 0.717) is 37.4 Å². The van der Waals surface area contributed by atoms with Crippen LogP contribution in [0.15, 0.2) is 40.8 Å². The van der Waals surface area contributed by atoms with Gasteiger partial charge in [0.25, 0.3) is 5.91 Å². The van der Waals surface area contributed by atoms with Crippen LogP contribution in [-0.4, -0.2) is 48.8 Å². The summed E-state index contributed by atoms with van der Waals surface area (Å²) in [4.78, 5) is 26.3. The lowest BCUT2D eigenvalue weighted by molar-refractivity contribution is -0.274. The Morgan fingerprint density at radius 2 is 1.80 bits per heavy atom. The van der Waals surface area contributed by atoms with Gasteiger partial charge in [0.1, 0.15) is 11.5 Å². The summed E-state index contributed by atoms with van der Waals surface area (Å²) < 4.78 is 45.6. The third-order valence-electron chi connectivity index (χ3n) is 4.63. The molecule has 7 nitrogen and oxygen atoms in total. The third kappa shape index (κ3) is 6.51. The fourth-order valence-corrected chi connectivity index (χ4v) is 3.19. The molecule has 1 fully saturated rings. The van der Waals surface area contributed by atoms with Crippen molar-refractivity contribution in [2.75, 3.05) is 25.0 Å². The van der Waals surface area contributed by atoms with E-state index in [-0.39, 0.29) is 35.9 Å². The Balaban J connectivity index is 1.40. The fraction of sp³-hybridized carbons (Fsp3) is 0.400. The zero-order valence-electron chi connectivity index (χ0n) is 16.3. The number of carbonyl (C=O) groups excluding carboxylic acids is 2. The van der Waals surface area contributed by atoms with E-state index in [1.165, 1.54) is 12.1 Å². The largest absolute Gasteiger partial charge is 0.573 e. The van der Waals surface area contributed by atoms with Crippen LogP contribution in [0.25, 0.3) is 0 Å². The Labute approximate surface area is 171 Å². The summed E-state index contributed by atoms with van der Waals surface area (Å²) in [7, 11) is 0. The maximum Gasteiger partial charge on any atom is 0.573 e. The molecular formula is C20H22F3N3O4. The highest BCUT2D eigenvalue weighted by Crippen LogP contribution is 2.24. The number of hydrogen-bond acceptors (Lipinski definition) is 5. The predicted octanol–water partition coefficient (Wildman–Crippen LogP) is 3.32. The lowest BCUT2D eigenvalue weighted by Gasteiger charge is -2.31. The van der Waals surface area contributed by atoms with Crippen molar-refractivity contribution in [2.24, 2.45) is 0 Å². The van der Waals surface area contributed by atoms with Crippen LogP contribution < -0.4 is 15.4 Å². The molecule has 1 saturated heterocycles. The maximum absolute atomic E-state index is 12.2. The number of piperidine rings is 1. The minimum atomic E-state index is -4.76. The van der Waals surface area contributed by atoms with Crippen LogP contribution in [0.2, 0.25) is 0 Å². The minimum Gasteiger partial charge on any atom is -0.456 e. The molecule has 1 aromatic heterocycles. The highest BCUT2D eigenvalue weighted by atomic mass is 19.4. The van der Waals surface area contributed by atoms with Gasteiger partial charge < -0.3 is 19.8 Å². The summed E-state index contributed by atoms with van der Waals surface area (Å²) in [6.45, 7) is 3.19. The molecule has 0 bridgehead atoms. The molecule has 1 aromatic carbocycles. The van der Waals surface area contributed by atoms with E-state index in [9.17, 15) is 22.8 Å². The zero-order chi connectivity index (χ0) is 21.7. The van der Waals surface area contributed by atoms with Crippen LogP contribution in [0.3, 0.4) is 0 Å². The summed E-state index contributed by atoms with van der Waals surface area (Å²) in [5.41, 5.74) is 0.380. The lowest BCUT2D eigenvalue weighted by atomic mass is 10.0. The number of rotatable bonds is 6. The van der Waals surface area contributed by atoms with Gasteiger partial charge >= 0.3 is 6.36 Å². The summed E-state index contributed by atoms with van der Waals surface area (Å²) >= 11 is 0. The summed E-state index contributed by atoms with van der Waals surface area (Å²) in [6, 6.07) is 8.33. The molecule has 0 radical (unpaired) electrons. The van der Waals surface area contributed by atoms with Crippen molar-refractivity contribution in [3.63, 3.8) is 0 Å². The molecule has 1 aliphatic heterocycles. The van der Waals surface area contributed by atoms with Gasteiger partial charge in [-0.05, 0) is 56.2 Å². The van der Waals surface area contributed by atoms with E-state index in [4.69, 9.17) is 4.42 Å².